The number of nitrogens with one attached hydrogen (secondary N) is 2. The van der Waals surface area contributed by atoms with E-state index in [1.165, 1.54) is 19.3 Å². The zero-order valence-corrected chi connectivity index (χ0v) is 11.0. The number of aromatic nitrogens is 2. The minimum atomic E-state index is 0.239. The Hall–Kier alpha value is -1.65. The van der Waals surface area contributed by atoms with Crippen molar-refractivity contribution in [1.29, 1.82) is 0 Å². The third-order valence-electron chi connectivity index (χ3n) is 4.35. The van der Waals surface area contributed by atoms with E-state index in [0.717, 1.165) is 12.3 Å². The van der Waals surface area contributed by atoms with Crippen LogP contribution in [-0.2, 0) is 4.79 Å². The van der Waals surface area contributed by atoms with Gasteiger partial charge >= 0.3 is 0 Å². The molecule has 2 saturated carbocycles. The molecule has 1 aromatic heterocycles. The van der Waals surface area contributed by atoms with Crippen LogP contribution in [0.5, 0.6) is 0 Å². The van der Waals surface area contributed by atoms with Gasteiger partial charge in [0, 0.05) is 31.4 Å². The second kappa shape index (κ2) is 5.55. The predicted octanol–water partition coefficient (Wildman–Crippen LogP) is 1.44. The lowest BCUT2D eigenvalue weighted by Gasteiger charge is -2.20. The average molecular weight is 260 g/mol. The average Bonchev–Trinajstić information content (AvgIpc) is 3.07. The molecule has 2 aliphatic rings. The molecule has 1 heterocycles. The summed E-state index contributed by atoms with van der Waals surface area (Å²) >= 11 is 0. The van der Waals surface area contributed by atoms with E-state index in [2.05, 4.69) is 20.6 Å². The Labute approximate surface area is 113 Å². The quantitative estimate of drug-likeness (QED) is 0.786. The molecule has 2 aliphatic carbocycles. The van der Waals surface area contributed by atoms with Crippen molar-refractivity contribution in [3.05, 3.63) is 18.5 Å². The van der Waals surface area contributed by atoms with Crippen LogP contribution in [0.4, 0.5) is 5.95 Å². The summed E-state index contributed by atoms with van der Waals surface area (Å²) in [6, 6.07) is 1.78. The maximum atomic E-state index is 12.1. The maximum Gasteiger partial charge on any atom is 0.223 e. The molecule has 5 nitrogen and oxygen atoms in total. The van der Waals surface area contributed by atoms with Gasteiger partial charge in [-0.25, -0.2) is 9.97 Å². The molecule has 0 unspecified atom stereocenters. The molecular formula is C14H20N4O. The van der Waals surface area contributed by atoms with Gasteiger partial charge in [-0.15, -0.1) is 0 Å². The SMILES string of the molecule is O=C(NCCNc1ncccn1)[C@H]1C[C@H]2CC[C@@H]1C2. The monoisotopic (exact) mass is 260 g/mol. The van der Waals surface area contributed by atoms with Crippen molar-refractivity contribution in [1.82, 2.24) is 15.3 Å². The number of carbonyl (C=O) groups excluding carboxylic acids is 1. The third-order valence-corrected chi connectivity index (χ3v) is 4.35. The number of hydrogen-bond acceptors (Lipinski definition) is 4. The number of amides is 1. The first-order chi connectivity index (χ1) is 9.33. The summed E-state index contributed by atoms with van der Waals surface area (Å²) in [5, 5.41) is 6.11. The third kappa shape index (κ3) is 2.85. The zero-order chi connectivity index (χ0) is 13.1. The first kappa shape index (κ1) is 12.4. The molecule has 2 bridgehead atoms. The van der Waals surface area contributed by atoms with Crippen molar-refractivity contribution in [2.75, 3.05) is 18.4 Å². The van der Waals surface area contributed by atoms with Crippen molar-refractivity contribution >= 4 is 11.9 Å². The van der Waals surface area contributed by atoms with Crippen molar-refractivity contribution in [3.63, 3.8) is 0 Å². The van der Waals surface area contributed by atoms with E-state index in [4.69, 9.17) is 0 Å². The standard InChI is InChI=1S/C14H20N4O/c19-13(12-9-10-2-3-11(12)8-10)15-6-7-18-14-16-4-1-5-17-14/h1,4-5,10-12H,2-3,6-9H2,(H,15,19)(H,16,17,18)/t10-,11+,12-/m0/s1. The summed E-state index contributed by atoms with van der Waals surface area (Å²) in [6.07, 6.45) is 8.35. The smallest absolute Gasteiger partial charge is 0.223 e. The number of rotatable bonds is 5. The summed E-state index contributed by atoms with van der Waals surface area (Å²) < 4.78 is 0. The molecule has 5 heteroatoms. The molecule has 19 heavy (non-hydrogen) atoms. The van der Waals surface area contributed by atoms with Crippen LogP contribution in [0.2, 0.25) is 0 Å². The van der Waals surface area contributed by atoms with E-state index < -0.39 is 0 Å². The molecule has 0 aromatic carbocycles. The molecule has 0 radical (unpaired) electrons. The summed E-state index contributed by atoms with van der Waals surface area (Å²) in [5.74, 6) is 2.58. The first-order valence-corrected chi connectivity index (χ1v) is 7.11. The molecular weight excluding hydrogens is 240 g/mol. The predicted molar refractivity (Wildman–Crippen MR) is 72.5 cm³/mol. The largest absolute Gasteiger partial charge is 0.354 e. The van der Waals surface area contributed by atoms with Gasteiger partial charge in [-0.2, -0.15) is 0 Å². The van der Waals surface area contributed by atoms with Crippen LogP contribution in [0.1, 0.15) is 25.7 Å². The maximum absolute atomic E-state index is 12.1. The second-order valence-electron chi connectivity index (χ2n) is 5.57. The van der Waals surface area contributed by atoms with Crippen LogP contribution >= 0.6 is 0 Å². The van der Waals surface area contributed by atoms with E-state index in [-0.39, 0.29) is 11.8 Å². The van der Waals surface area contributed by atoms with Crippen LogP contribution in [0.25, 0.3) is 0 Å². The van der Waals surface area contributed by atoms with Crippen LogP contribution in [0, 0.1) is 17.8 Å². The number of nitrogens with zero attached hydrogens (tertiary/aromatic N) is 2. The van der Waals surface area contributed by atoms with Gasteiger partial charge in [-0.3, -0.25) is 4.79 Å². The van der Waals surface area contributed by atoms with Crippen LogP contribution in [-0.4, -0.2) is 29.0 Å². The van der Waals surface area contributed by atoms with E-state index in [1.807, 2.05) is 0 Å². The molecule has 102 valence electrons. The molecule has 3 atom stereocenters. The highest BCUT2D eigenvalue weighted by atomic mass is 16.1. The number of hydrogen-bond donors (Lipinski definition) is 2. The summed E-state index contributed by atoms with van der Waals surface area (Å²) in [4.78, 5) is 20.2. The van der Waals surface area contributed by atoms with E-state index in [0.29, 0.717) is 25.0 Å². The number of fused-ring (bicyclic) bond motifs is 2. The summed E-state index contributed by atoms with van der Waals surface area (Å²) in [6.45, 7) is 1.29. The molecule has 3 rings (SSSR count). The summed E-state index contributed by atoms with van der Waals surface area (Å²) in [5.41, 5.74) is 0. The minimum absolute atomic E-state index is 0.239. The Bertz CT molecular complexity index is 436. The highest BCUT2D eigenvalue weighted by molar-refractivity contribution is 5.79. The fourth-order valence-electron chi connectivity index (χ4n) is 3.45. The van der Waals surface area contributed by atoms with Gasteiger partial charge in [-0.1, -0.05) is 6.42 Å². The van der Waals surface area contributed by atoms with Gasteiger partial charge < -0.3 is 10.6 Å². The molecule has 0 aliphatic heterocycles. The molecule has 2 N–H and O–H groups in total. The van der Waals surface area contributed by atoms with Crippen molar-refractivity contribution in [3.8, 4) is 0 Å². The Morgan fingerprint density at radius 1 is 1.21 bits per heavy atom. The highest BCUT2D eigenvalue weighted by Crippen LogP contribution is 2.48. The molecule has 0 spiro atoms. The Kier molecular flexibility index (Phi) is 3.62. The Morgan fingerprint density at radius 2 is 2.05 bits per heavy atom. The second-order valence-corrected chi connectivity index (χ2v) is 5.57. The van der Waals surface area contributed by atoms with Gasteiger partial charge in [0.15, 0.2) is 0 Å². The van der Waals surface area contributed by atoms with Crippen LogP contribution in [0.3, 0.4) is 0 Å². The van der Waals surface area contributed by atoms with E-state index >= 15 is 0 Å². The van der Waals surface area contributed by atoms with E-state index in [1.54, 1.807) is 18.5 Å². The summed E-state index contributed by atoms with van der Waals surface area (Å²) in [7, 11) is 0. The Morgan fingerprint density at radius 3 is 2.74 bits per heavy atom. The lowest BCUT2D eigenvalue weighted by Crippen LogP contribution is -2.36. The van der Waals surface area contributed by atoms with Crippen LogP contribution in [0.15, 0.2) is 18.5 Å². The van der Waals surface area contributed by atoms with Gasteiger partial charge in [0.2, 0.25) is 11.9 Å². The lowest BCUT2D eigenvalue weighted by atomic mass is 9.88. The van der Waals surface area contributed by atoms with Gasteiger partial charge in [0.05, 0.1) is 0 Å². The fraction of sp³-hybridized carbons (Fsp3) is 0.643. The Balaban J connectivity index is 1.37. The minimum Gasteiger partial charge on any atom is -0.354 e. The normalized spacial score (nSPS) is 28.3. The van der Waals surface area contributed by atoms with Crippen molar-refractivity contribution < 1.29 is 4.79 Å². The van der Waals surface area contributed by atoms with Gasteiger partial charge in [0.1, 0.15) is 0 Å². The lowest BCUT2D eigenvalue weighted by molar-refractivity contribution is -0.126. The zero-order valence-electron chi connectivity index (χ0n) is 11.0. The number of carbonyl (C=O) groups is 1. The van der Waals surface area contributed by atoms with Crippen molar-refractivity contribution in [2.45, 2.75) is 25.7 Å². The van der Waals surface area contributed by atoms with E-state index in [9.17, 15) is 4.79 Å². The molecule has 1 amide bonds. The van der Waals surface area contributed by atoms with Crippen LogP contribution < -0.4 is 10.6 Å². The fourth-order valence-corrected chi connectivity index (χ4v) is 3.45. The first-order valence-electron chi connectivity index (χ1n) is 7.11. The molecule has 1 aromatic rings. The van der Waals surface area contributed by atoms with Gasteiger partial charge in [0.25, 0.3) is 0 Å². The number of anilines is 1. The molecule has 0 saturated heterocycles. The van der Waals surface area contributed by atoms with Crippen molar-refractivity contribution in [2.24, 2.45) is 17.8 Å². The highest BCUT2D eigenvalue weighted by Gasteiger charge is 2.42. The topological polar surface area (TPSA) is 66.9 Å². The molecule has 2 fully saturated rings. The van der Waals surface area contributed by atoms with Gasteiger partial charge in [-0.05, 0) is 37.2 Å².